The number of aryl methyl sites for hydroxylation is 2. The van der Waals surface area contributed by atoms with Crippen molar-refractivity contribution in [3.8, 4) is 0 Å². The summed E-state index contributed by atoms with van der Waals surface area (Å²) >= 11 is 0. The summed E-state index contributed by atoms with van der Waals surface area (Å²) in [5, 5.41) is 8.38. The minimum atomic E-state index is -0.116. The molecule has 0 amide bonds. The van der Waals surface area contributed by atoms with Gasteiger partial charge in [0.15, 0.2) is 0 Å². The van der Waals surface area contributed by atoms with E-state index in [0.717, 1.165) is 33.1 Å². The lowest BCUT2D eigenvalue weighted by atomic mass is 10.1. The third-order valence-corrected chi connectivity index (χ3v) is 3.74. The molecule has 4 rings (SSSR count). The fraction of sp³-hybridized carbons (Fsp3) is 0.143. The van der Waals surface area contributed by atoms with Crippen molar-refractivity contribution in [1.82, 2.24) is 19.7 Å². The maximum atomic E-state index is 11.9. The Hall–Kier alpha value is -2.56. The van der Waals surface area contributed by atoms with Crippen molar-refractivity contribution < 1.29 is 0 Å². The lowest BCUT2D eigenvalue weighted by Gasteiger charge is -1.99. The van der Waals surface area contributed by atoms with Gasteiger partial charge in [0, 0.05) is 12.4 Å². The Labute approximate surface area is 107 Å². The number of H-pyrrole nitrogens is 2. The number of hydrogen-bond donors (Lipinski definition) is 2. The molecule has 2 N–H and O–H groups in total. The summed E-state index contributed by atoms with van der Waals surface area (Å²) in [6, 6.07) is 8.12. The summed E-state index contributed by atoms with van der Waals surface area (Å²) in [4.78, 5) is 16.4. The molecule has 0 saturated heterocycles. The SMILES string of the molecule is Cc1nc2c(c3ccccc3n2C)c2[nH][nH]c(=O)c12. The standard InChI is InChI=1S/C14H12N4O/c1-7-10-12(16-17-14(10)19)11-8-5-3-4-6-9(8)18(2)13(11)15-7/h3-6H,1-2H3,(H2,16,17,19). The summed E-state index contributed by atoms with van der Waals surface area (Å²) in [5.41, 5.74) is 3.47. The average molecular weight is 252 g/mol. The fourth-order valence-corrected chi connectivity index (χ4v) is 2.86. The Balaban J connectivity index is 2.46. The quantitative estimate of drug-likeness (QED) is 0.504. The number of para-hydroxylation sites is 1. The van der Waals surface area contributed by atoms with Crippen LogP contribution in [0, 0.1) is 6.92 Å². The van der Waals surface area contributed by atoms with E-state index in [-0.39, 0.29) is 5.56 Å². The number of fused-ring (bicyclic) bond motifs is 5. The largest absolute Gasteiger partial charge is 0.328 e. The van der Waals surface area contributed by atoms with E-state index < -0.39 is 0 Å². The third kappa shape index (κ3) is 1.14. The molecule has 94 valence electrons. The number of nitrogens with one attached hydrogen (secondary N) is 2. The van der Waals surface area contributed by atoms with Crippen LogP contribution in [0.15, 0.2) is 29.1 Å². The van der Waals surface area contributed by atoms with Gasteiger partial charge in [0.25, 0.3) is 5.56 Å². The molecule has 0 aliphatic carbocycles. The summed E-state index contributed by atoms with van der Waals surface area (Å²) in [6.45, 7) is 1.86. The van der Waals surface area contributed by atoms with Crippen molar-refractivity contribution in [2.75, 3.05) is 0 Å². The van der Waals surface area contributed by atoms with Gasteiger partial charge in [0.2, 0.25) is 0 Å². The molecule has 3 aromatic heterocycles. The topological polar surface area (TPSA) is 66.5 Å². The third-order valence-electron chi connectivity index (χ3n) is 3.74. The zero-order chi connectivity index (χ0) is 13.1. The number of rotatable bonds is 0. The van der Waals surface area contributed by atoms with Gasteiger partial charge in [-0.25, -0.2) is 4.98 Å². The molecule has 0 aliphatic rings. The van der Waals surface area contributed by atoms with Gasteiger partial charge in [0.1, 0.15) is 5.65 Å². The van der Waals surface area contributed by atoms with Crippen molar-refractivity contribution in [3.05, 3.63) is 40.3 Å². The molecule has 0 fully saturated rings. The summed E-state index contributed by atoms with van der Waals surface area (Å²) < 4.78 is 2.06. The number of hydrogen-bond acceptors (Lipinski definition) is 2. The van der Waals surface area contributed by atoms with Crippen LogP contribution in [-0.2, 0) is 7.05 Å². The van der Waals surface area contributed by atoms with Crippen molar-refractivity contribution in [1.29, 1.82) is 0 Å². The summed E-state index contributed by atoms with van der Waals surface area (Å²) in [7, 11) is 1.99. The van der Waals surface area contributed by atoms with Gasteiger partial charge in [-0.1, -0.05) is 18.2 Å². The Bertz CT molecular complexity index is 1000. The van der Waals surface area contributed by atoms with E-state index >= 15 is 0 Å². The molecule has 3 heterocycles. The molecule has 0 aliphatic heterocycles. The summed E-state index contributed by atoms with van der Waals surface area (Å²) in [6.07, 6.45) is 0. The number of aromatic nitrogens is 4. The normalized spacial score (nSPS) is 11.9. The van der Waals surface area contributed by atoms with Crippen LogP contribution in [0.5, 0.6) is 0 Å². The fourth-order valence-electron chi connectivity index (χ4n) is 2.86. The van der Waals surface area contributed by atoms with Crippen LogP contribution in [-0.4, -0.2) is 19.7 Å². The smallest absolute Gasteiger partial charge is 0.273 e. The average Bonchev–Trinajstić information content (AvgIpc) is 2.92. The number of nitrogens with zero attached hydrogens (tertiary/aromatic N) is 2. The second-order valence-electron chi connectivity index (χ2n) is 4.80. The van der Waals surface area contributed by atoms with Crippen LogP contribution in [0.25, 0.3) is 32.8 Å². The lowest BCUT2D eigenvalue weighted by Crippen LogP contribution is -2.01. The highest BCUT2D eigenvalue weighted by Crippen LogP contribution is 2.31. The van der Waals surface area contributed by atoms with Crippen molar-refractivity contribution in [2.24, 2.45) is 7.05 Å². The molecule has 0 unspecified atom stereocenters. The maximum absolute atomic E-state index is 11.9. The number of aromatic amines is 2. The van der Waals surface area contributed by atoms with Gasteiger partial charge in [-0.3, -0.25) is 15.0 Å². The van der Waals surface area contributed by atoms with Crippen LogP contribution in [0.2, 0.25) is 0 Å². The van der Waals surface area contributed by atoms with E-state index in [2.05, 4.69) is 31.9 Å². The second kappa shape index (κ2) is 3.26. The Morgan fingerprint density at radius 3 is 2.79 bits per heavy atom. The van der Waals surface area contributed by atoms with E-state index in [4.69, 9.17) is 0 Å². The van der Waals surface area contributed by atoms with Crippen LogP contribution in [0.1, 0.15) is 5.69 Å². The van der Waals surface area contributed by atoms with Crippen molar-refractivity contribution in [2.45, 2.75) is 6.92 Å². The van der Waals surface area contributed by atoms with Gasteiger partial charge >= 0.3 is 0 Å². The number of benzene rings is 1. The molecule has 0 saturated carbocycles. The van der Waals surface area contributed by atoms with Crippen molar-refractivity contribution >= 4 is 32.8 Å². The zero-order valence-electron chi connectivity index (χ0n) is 10.6. The molecule has 0 spiro atoms. The molecule has 5 nitrogen and oxygen atoms in total. The van der Waals surface area contributed by atoms with Gasteiger partial charge < -0.3 is 4.57 Å². The Morgan fingerprint density at radius 2 is 1.95 bits per heavy atom. The van der Waals surface area contributed by atoms with Crippen LogP contribution in [0.4, 0.5) is 0 Å². The molecular formula is C14H12N4O. The first-order valence-electron chi connectivity index (χ1n) is 6.12. The highest BCUT2D eigenvalue weighted by Gasteiger charge is 2.16. The minimum absolute atomic E-state index is 0.116. The molecule has 0 bridgehead atoms. The monoisotopic (exact) mass is 252 g/mol. The highest BCUT2D eigenvalue weighted by atomic mass is 16.1. The highest BCUT2D eigenvalue weighted by molar-refractivity contribution is 6.18. The molecule has 0 radical (unpaired) electrons. The predicted molar refractivity (Wildman–Crippen MR) is 75.4 cm³/mol. The minimum Gasteiger partial charge on any atom is -0.328 e. The van der Waals surface area contributed by atoms with Gasteiger partial charge in [-0.05, 0) is 13.0 Å². The van der Waals surface area contributed by atoms with E-state index in [1.165, 1.54) is 0 Å². The Morgan fingerprint density at radius 1 is 1.16 bits per heavy atom. The summed E-state index contributed by atoms with van der Waals surface area (Å²) in [5.74, 6) is 0. The van der Waals surface area contributed by atoms with E-state index in [1.54, 1.807) is 0 Å². The zero-order valence-corrected chi connectivity index (χ0v) is 10.6. The molecule has 5 heteroatoms. The Kier molecular flexibility index (Phi) is 1.78. The van der Waals surface area contributed by atoms with E-state index in [0.29, 0.717) is 5.39 Å². The molecule has 19 heavy (non-hydrogen) atoms. The number of pyridine rings is 1. The van der Waals surface area contributed by atoms with Crippen LogP contribution >= 0.6 is 0 Å². The van der Waals surface area contributed by atoms with E-state index in [9.17, 15) is 4.79 Å². The molecule has 1 aromatic carbocycles. The van der Waals surface area contributed by atoms with Crippen LogP contribution in [0.3, 0.4) is 0 Å². The molecule has 4 aromatic rings. The molecule has 0 atom stereocenters. The maximum Gasteiger partial charge on any atom is 0.273 e. The van der Waals surface area contributed by atoms with Gasteiger partial charge in [-0.2, -0.15) is 0 Å². The van der Waals surface area contributed by atoms with E-state index in [1.807, 2.05) is 26.1 Å². The van der Waals surface area contributed by atoms with Crippen molar-refractivity contribution in [3.63, 3.8) is 0 Å². The first kappa shape index (κ1) is 10.4. The molecular weight excluding hydrogens is 240 g/mol. The van der Waals surface area contributed by atoms with Gasteiger partial charge in [-0.15, -0.1) is 0 Å². The first-order chi connectivity index (χ1) is 9.18. The van der Waals surface area contributed by atoms with Gasteiger partial charge in [0.05, 0.1) is 27.5 Å². The first-order valence-corrected chi connectivity index (χ1v) is 6.12. The second-order valence-corrected chi connectivity index (χ2v) is 4.80. The van der Waals surface area contributed by atoms with Crippen LogP contribution < -0.4 is 5.56 Å². The lowest BCUT2D eigenvalue weighted by molar-refractivity contribution is 0.985. The predicted octanol–water partition coefficient (Wildman–Crippen LogP) is 2.20.